The molecule has 2 heterocycles. The van der Waals surface area contributed by atoms with Gasteiger partial charge in [-0.1, -0.05) is 12.1 Å². The molecule has 0 atom stereocenters. The van der Waals surface area contributed by atoms with Crippen LogP contribution in [0.15, 0.2) is 47.1 Å². The van der Waals surface area contributed by atoms with Crippen LogP contribution >= 0.6 is 0 Å². The number of aromatic nitrogens is 2. The number of aryl methyl sites for hydroxylation is 2. The number of amides is 1. The van der Waals surface area contributed by atoms with Crippen molar-refractivity contribution in [3.63, 3.8) is 0 Å². The van der Waals surface area contributed by atoms with Crippen molar-refractivity contribution in [2.45, 2.75) is 32.2 Å². The molecule has 5 nitrogen and oxygen atoms in total. The van der Waals surface area contributed by atoms with E-state index in [0.717, 1.165) is 46.2 Å². The summed E-state index contributed by atoms with van der Waals surface area (Å²) in [5.74, 6) is 0.725. The van der Waals surface area contributed by atoms with Gasteiger partial charge in [-0.15, -0.1) is 0 Å². The zero-order valence-electron chi connectivity index (χ0n) is 14.3. The number of rotatable bonds is 4. The Kier molecular flexibility index (Phi) is 3.52. The first-order chi connectivity index (χ1) is 12.8. The fraction of sp³-hybridized carbons (Fsp3) is 0.238. The predicted octanol–water partition coefficient (Wildman–Crippen LogP) is 3.66. The van der Waals surface area contributed by atoms with Crippen LogP contribution in [0, 0.1) is 0 Å². The van der Waals surface area contributed by atoms with E-state index in [4.69, 9.17) is 4.42 Å². The first-order valence-corrected chi connectivity index (χ1v) is 8.98. The maximum absolute atomic E-state index is 12.4. The van der Waals surface area contributed by atoms with Gasteiger partial charge in [0.1, 0.15) is 11.4 Å². The molecule has 4 aromatic rings. The van der Waals surface area contributed by atoms with E-state index in [9.17, 15) is 4.79 Å². The van der Waals surface area contributed by atoms with Crippen LogP contribution in [0.25, 0.3) is 22.0 Å². The molecular weight excluding hydrogens is 326 g/mol. The summed E-state index contributed by atoms with van der Waals surface area (Å²) in [6.07, 6.45) is 5.47. The van der Waals surface area contributed by atoms with Crippen molar-refractivity contribution in [1.82, 2.24) is 15.3 Å². The summed E-state index contributed by atoms with van der Waals surface area (Å²) < 4.78 is 5.68. The first-order valence-electron chi connectivity index (χ1n) is 8.98. The van der Waals surface area contributed by atoms with Gasteiger partial charge in [0.15, 0.2) is 0 Å². The lowest BCUT2D eigenvalue weighted by atomic mass is 10.0. The minimum absolute atomic E-state index is 0.0337. The molecule has 0 unspecified atom stereocenters. The van der Waals surface area contributed by atoms with E-state index in [1.54, 1.807) is 6.26 Å². The second kappa shape index (κ2) is 6.02. The van der Waals surface area contributed by atoms with Crippen LogP contribution in [-0.4, -0.2) is 15.9 Å². The number of hydrogen-bond donors (Lipinski definition) is 2. The highest BCUT2D eigenvalue weighted by molar-refractivity contribution is 5.88. The lowest BCUT2D eigenvalue weighted by Crippen LogP contribution is -2.25. The number of H-pyrrole nitrogens is 1. The molecule has 0 spiro atoms. The minimum Gasteiger partial charge on any atom is -0.464 e. The lowest BCUT2D eigenvalue weighted by Gasteiger charge is -2.03. The molecule has 2 aromatic carbocycles. The summed E-state index contributed by atoms with van der Waals surface area (Å²) in [5.41, 5.74) is 6.48. The molecule has 0 saturated heterocycles. The van der Waals surface area contributed by atoms with Crippen molar-refractivity contribution in [1.29, 1.82) is 0 Å². The number of aromatic amines is 1. The number of imidazole rings is 1. The Morgan fingerprint density at radius 2 is 2.04 bits per heavy atom. The number of nitrogens with zero attached hydrogens (tertiary/aromatic N) is 1. The average Bonchev–Trinajstić information content (AvgIpc) is 3.36. The summed E-state index contributed by atoms with van der Waals surface area (Å²) in [4.78, 5) is 20.1. The fourth-order valence-electron chi connectivity index (χ4n) is 3.79. The van der Waals surface area contributed by atoms with Crippen LogP contribution in [0.2, 0.25) is 0 Å². The van der Waals surface area contributed by atoms with Crippen molar-refractivity contribution in [3.8, 4) is 0 Å². The van der Waals surface area contributed by atoms with Gasteiger partial charge in [0.25, 0.3) is 0 Å². The van der Waals surface area contributed by atoms with Crippen LogP contribution in [0.4, 0.5) is 0 Å². The van der Waals surface area contributed by atoms with E-state index < -0.39 is 0 Å². The topological polar surface area (TPSA) is 70.9 Å². The summed E-state index contributed by atoms with van der Waals surface area (Å²) in [7, 11) is 0. The summed E-state index contributed by atoms with van der Waals surface area (Å²) in [6, 6.07) is 12.2. The molecule has 0 radical (unpaired) electrons. The van der Waals surface area contributed by atoms with Crippen LogP contribution in [0.3, 0.4) is 0 Å². The molecule has 0 aliphatic heterocycles. The number of para-hydroxylation sites is 2. The van der Waals surface area contributed by atoms with Crippen molar-refractivity contribution < 1.29 is 9.21 Å². The molecule has 0 saturated carbocycles. The number of benzene rings is 2. The third-order valence-electron chi connectivity index (χ3n) is 5.11. The average molecular weight is 345 g/mol. The van der Waals surface area contributed by atoms with E-state index in [-0.39, 0.29) is 5.91 Å². The van der Waals surface area contributed by atoms with Gasteiger partial charge in [-0.3, -0.25) is 4.79 Å². The van der Waals surface area contributed by atoms with Gasteiger partial charge in [-0.05, 0) is 54.7 Å². The van der Waals surface area contributed by atoms with E-state index in [2.05, 4.69) is 27.4 Å². The molecule has 26 heavy (non-hydrogen) atoms. The second-order valence-corrected chi connectivity index (χ2v) is 6.89. The Morgan fingerprint density at radius 3 is 2.92 bits per heavy atom. The van der Waals surface area contributed by atoms with Crippen molar-refractivity contribution in [3.05, 3.63) is 65.2 Å². The Hall–Kier alpha value is -3.08. The molecule has 1 aliphatic carbocycles. The minimum atomic E-state index is -0.0337. The maximum atomic E-state index is 12.4. The van der Waals surface area contributed by atoms with Crippen molar-refractivity contribution in [2.24, 2.45) is 0 Å². The largest absolute Gasteiger partial charge is 0.464 e. The molecular formula is C21H19N3O2. The zero-order chi connectivity index (χ0) is 17.5. The van der Waals surface area contributed by atoms with Gasteiger partial charge in [0.05, 0.1) is 30.3 Å². The highest BCUT2D eigenvalue weighted by Gasteiger charge is 2.16. The second-order valence-electron chi connectivity index (χ2n) is 6.89. The number of furan rings is 1. The van der Waals surface area contributed by atoms with Crippen molar-refractivity contribution >= 4 is 27.9 Å². The fourth-order valence-corrected chi connectivity index (χ4v) is 3.79. The van der Waals surface area contributed by atoms with E-state index in [0.29, 0.717) is 13.0 Å². The smallest absolute Gasteiger partial charge is 0.224 e. The number of fused-ring (bicyclic) bond motifs is 3. The van der Waals surface area contributed by atoms with E-state index in [1.165, 1.54) is 17.5 Å². The third-order valence-corrected chi connectivity index (χ3v) is 5.11. The summed E-state index contributed by atoms with van der Waals surface area (Å²) >= 11 is 0. The number of hydrogen-bond acceptors (Lipinski definition) is 3. The van der Waals surface area contributed by atoms with Gasteiger partial charge >= 0.3 is 0 Å². The van der Waals surface area contributed by atoms with E-state index in [1.807, 2.05) is 24.3 Å². The first kappa shape index (κ1) is 15.2. The van der Waals surface area contributed by atoms with Crippen LogP contribution in [-0.2, 0) is 30.6 Å². The lowest BCUT2D eigenvalue weighted by molar-refractivity contribution is -0.120. The molecule has 1 aliphatic rings. The molecule has 0 fully saturated rings. The molecule has 0 bridgehead atoms. The number of carbonyl (C=O) groups is 1. The Bertz CT molecular complexity index is 1090. The highest BCUT2D eigenvalue weighted by Crippen LogP contribution is 2.30. The van der Waals surface area contributed by atoms with Crippen molar-refractivity contribution in [2.75, 3.05) is 0 Å². The van der Waals surface area contributed by atoms with Gasteiger partial charge in [0, 0.05) is 10.9 Å². The maximum Gasteiger partial charge on any atom is 0.224 e. The van der Waals surface area contributed by atoms with Gasteiger partial charge in [0.2, 0.25) is 5.91 Å². The molecule has 5 rings (SSSR count). The Labute approximate surface area is 150 Å². The monoisotopic (exact) mass is 345 g/mol. The standard InChI is InChI=1S/C21H19N3O2/c25-21(22-11-20-23-17-6-1-2-7-18(17)24-20)10-15-12-26-19-9-14-5-3-4-13(14)8-16(15)19/h1-2,6-9,12H,3-5,10-11H2,(H,22,25)(H,23,24). The summed E-state index contributed by atoms with van der Waals surface area (Å²) in [5, 5.41) is 4.00. The quantitative estimate of drug-likeness (QED) is 0.593. The molecule has 2 aromatic heterocycles. The van der Waals surface area contributed by atoms with E-state index >= 15 is 0 Å². The number of carbonyl (C=O) groups excluding carboxylic acids is 1. The van der Waals surface area contributed by atoms with Gasteiger partial charge in [-0.2, -0.15) is 0 Å². The molecule has 130 valence electrons. The highest BCUT2D eigenvalue weighted by atomic mass is 16.3. The van der Waals surface area contributed by atoms with Crippen LogP contribution < -0.4 is 5.32 Å². The Balaban J connectivity index is 1.30. The van der Waals surface area contributed by atoms with Crippen LogP contribution in [0.1, 0.15) is 28.9 Å². The molecule has 2 N–H and O–H groups in total. The van der Waals surface area contributed by atoms with Crippen LogP contribution in [0.5, 0.6) is 0 Å². The molecule has 1 amide bonds. The third kappa shape index (κ3) is 2.65. The zero-order valence-corrected chi connectivity index (χ0v) is 14.3. The Morgan fingerprint density at radius 1 is 1.19 bits per heavy atom. The molecule has 5 heteroatoms. The SMILES string of the molecule is O=C(Cc1coc2cc3c(cc12)CCC3)NCc1nc2ccccc2[nH]1. The number of nitrogens with one attached hydrogen (secondary N) is 2. The summed E-state index contributed by atoms with van der Waals surface area (Å²) in [6.45, 7) is 0.388. The predicted molar refractivity (Wildman–Crippen MR) is 99.9 cm³/mol. The van der Waals surface area contributed by atoms with Gasteiger partial charge < -0.3 is 14.7 Å². The van der Waals surface area contributed by atoms with Gasteiger partial charge in [-0.25, -0.2) is 4.98 Å². The normalized spacial score (nSPS) is 13.4.